The summed E-state index contributed by atoms with van der Waals surface area (Å²) < 4.78 is 0.908. The molecular weight excluding hydrogens is 232 g/mol. The van der Waals surface area contributed by atoms with Crippen LogP contribution >= 0.6 is 15.9 Å². The fraction of sp³-hybridized carbons (Fsp3) is 0. The standard InChI is InChI=1S/C9H9BrN2O/c10-7-2-3-8(11)6(5-7)1-4-9(12)13/h1-5H,11H2,(H2,12,13)/b4-1-. The first kappa shape index (κ1) is 9.80. The smallest absolute Gasteiger partial charge is 0.241 e. The van der Waals surface area contributed by atoms with Gasteiger partial charge in [0, 0.05) is 16.2 Å². The quantitative estimate of drug-likeness (QED) is 0.608. The molecule has 0 radical (unpaired) electrons. The molecular formula is C9H9BrN2O. The maximum absolute atomic E-state index is 10.5. The van der Waals surface area contributed by atoms with Gasteiger partial charge < -0.3 is 11.5 Å². The van der Waals surface area contributed by atoms with E-state index < -0.39 is 5.91 Å². The summed E-state index contributed by atoms with van der Waals surface area (Å²) in [4.78, 5) is 10.5. The number of hydrogen-bond donors (Lipinski definition) is 2. The Morgan fingerprint density at radius 3 is 2.77 bits per heavy atom. The van der Waals surface area contributed by atoms with Crippen LogP contribution in [0, 0.1) is 0 Å². The summed E-state index contributed by atoms with van der Waals surface area (Å²) in [5, 5.41) is 0. The molecule has 0 aliphatic heterocycles. The van der Waals surface area contributed by atoms with E-state index in [9.17, 15) is 4.79 Å². The number of rotatable bonds is 2. The summed E-state index contributed by atoms with van der Waals surface area (Å²) in [7, 11) is 0. The molecule has 0 unspecified atom stereocenters. The van der Waals surface area contributed by atoms with Crippen molar-refractivity contribution < 1.29 is 4.79 Å². The van der Waals surface area contributed by atoms with E-state index in [2.05, 4.69) is 15.9 Å². The second-order valence-corrected chi connectivity index (χ2v) is 3.42. The van der Waals surface area contributed by atoms with Crippen LogP contribution in [-0.4, -0.2) is 5.91 Å². The number of benzene rings is 1. The van der Waals surface area contributed by atoms with E-state index in [4.69, 9.17) is 11.5 Å². The summed E-state index contributed by atoms with van der Waals surface area (Å²) in [6.07, 6.45) is 2.86. The van der Waals surface area contributed by atoms with Gasteiger partial charge in [-0.05, 0) is 29.8 Å². The Morgan fingerprint density at radius 2 is 2.15 bits per heavy atom. The van der Waals surface area contributed by atoms with Crippen molar-refractivity contribution in [2.45, 2.75) is 0 Å². The molecule has 13 heavy (non-hydrogen) atoms. The first-order chi connectivity index (χ1) is 6.09. The van der Waals surface area contributed by atoms with Gasteiger partial charge in [-0.15, -0.1) is 0 Å². The van der Waals surface area contributed by atoms with Crippen LogP contribution in [-0.2, 0) is 4.79 Å². The van der Waals surface area contributed by atoms with E-state index in [1.165, 1.54) is 6.08 Å². The zero-order valence-electron chi connectivity index (χ0n) is 6.83. The van der Waals surface area contributed by atoms with Crippen molar-refractivity contribution in [2.24, 2.45) is 5.73 Å². The van der Waals surface area contributed by atoms with Crippen LogP contribution in [0.1, 0.15) is 5.56 Å². The molecule has 4 N–H and O–H groups in total. The Bertz CT molecular complexity index is 361. The van der Waals surface area contributed by atoms with Crippen LogP contribution in [0.3, 0.4) is 0 Å². The lowest BCUT2D eigenvalue weighted by atomic mass is 10.1. The topological polar surface area (TPSA) is 69.1 Å². The summed E-state index contributed by atoms with van der Waals surface area (Å²) in [5.41, 5.74) is 12.0. The van der Waals surface area contributed by atoms with Gasteiger partial charge in [0.1, 0.15) is 0 Å². The highest BCUT2D eigenvalue weighted by Crippen LogP contribution is 2.19. The maximum atomic E-state index is 10.5. The molecule has 1 rings (SSSR count). The largest absolute Gasteiger partial charge is 0.398 e. The van der Waals surface area contributed by atoms with Gasteiger partial charge in [0.05, 0.1) is 0 Å². The lowest BCUT2D eigenvalue weighted by Crippen LogP contribution is -2.05. The van der Waals surface area contributed by atoms with Crippen molar-refractivity contribution >= 4 is 33.6 Å². The number of nitrogens with two attached hydrogens (primary N) is 2. The fourth-order valence-electron chi connectivity index (χ4n) is 0.862. The summed E-state index contributed by atoms with van der Waals surface area (Å²) >= 11 is 3.30. The summed E-state index contributed by atoms with van der Waals surface area (Å²) in [6, 6.07) is 5.40. The zero-order valence-corrected chi connectivity index (χ0v) is 8.41. The number of halogens is 1. The molecule has 0 atom stereocenters. The van der Waals surface area contributed by atoms with Crippen molar-refractivity contribution in [2.75, 3.05) is 5.73 Å². The van der Waals surface area contributed by atoms with Gasteiger partial charge in [0.25, 0.3) is 0 Å². The van der Waals surface area contributed by atoms with Gasteiger partial charge in [-0.3, -0.25) is 4.79 Å². The number of primary amides is 1. The van der Waals surface area contributed by atoms with E-state index in [1.54, 1.807) is 12.1 Å². The predicted molar refractivity (Wildman–Crippen MR) is 56.8 cm³/mol. The normalized spacial score (nSPS) is 10.5. The number of anilines is 1. The van der Waals surface area contributed by atoms with Crippen LogP contribution in [0.5, 0.6) is 0 Å². The minimum atomic E-state index is -0.487. The Labute approximate surface area is 84.5 Å². The van der Waals surface area contributed by atoms with Crippen LogP contribution in [0.15, 0.2) is 28.7 Å². The number of amides is 1. The van der Waals surface area contributed by atoms with Gasteiger partial charge >= 0.3 is 0 Å². The average molecular weight is 241 g/mol. The van der Waals surface area contributed by atoms with E-state index >= 15 is 0 Å². The van der Waals surface area contributed by atoms with E-state index in [0.29, 0.717) is 5.69 Å². The lowest BCUT2D eigenvalue weighted by Gasteiger charge is -1.99. The Morgan fingerprint density at radius 1 is 1.46 bits per heavy atom. The van der Waals surface area contributed by atoms with Gasteiger partial charge in [0.15, 0.2) is 0 Å². The molecule has 0 saturated heterocycles. The number of nitrogen functional groups attached to an aromatic ring is 1. The monoisotopic (exact) mass is 240 g/mol. The minimum Gasteiger partial charge on any atom is -0.398 e. The maximum Gasteiger partial charge on any atom is 0.241 e. The van der Waals surface area contributed by atoms with Gasteiger partial charge in [0.2, 0.25) is 5.91 Å². The molecule has 3 nitrogen and oxygen atoms in total. The highest BCUT2D eigenvalue weighted by atomic mass is 79.9. The van der Waals surface area contributed by atoms with Gasteiger partial charge in [-0.25, -0.2) is 0 Å². The molecule has 1 aromatic rings. The SMILES string of the molecule is NC(=O)/C=C\c1cc(Br)ccc1N. The molecule has 1 aromatic carbocycles. The summed E-state index contributed by atoms with van der Waals surface area (Å²) in [5.74, 6) is -0.487. The van der Waals surface area contributed by atoms with Crippen molar-refractivity contribution in [1.82, 2.24) is 0 Å². The Balaban J connectivity index is 3.00. The molecule has 0 saturated carbocycles. The molecule has 0 fully saturated rings. The van der Waals surface area contributed by atoms with Crippen molar-refractivity contribution in [3.8, 4) is 0 Å². The summed E-state index contributed by atoms with van der Waals surface area (Å²) in [6.45, 7) is 0. The Hall–Kier alpha value is -1.29. The highest BCUT2D eigenvalue weighted by Gasteiger charge is 1.95. The van der Waals surface area contributed by atoms with E-state index in [0.717, 1.165) is 10.0 Å². The molecule has 0 aliphatic carbocycles. The second-order valence-electron chi connectivity index (χ2n) is 2.51. The number of carbonyl (C=O) groups excluding carboxylic acids is 1. The van der Waals surface area contributed by atoms with Gasteiger partial charge in [-0.1, -0.05) is 15.9 Å². The fourth-order valence-corrected chi connectivity index (χ4v) is 1.24. The molecule has 4 heteroatoms. The van der Waals surface area contributed by atoms with Crippen molar-refractivity contribution in [3.63, 3.8) is 0 Å². The Kier molecular flexibility index (Phi) is 3.08. The van der Waals surface area contributed by atoms with Crippen LogP contribution in [0.2, 0.25) is 0 Å². The molecule has 1 amide bonds. The highest BCUT2D eigenvalue weighted by molar-refractivity contribution is 9.10. The molecule has 0 spiro atoms. The third-order valence-electron chi connectivity index (χ3n) is 1.48. The second kappa shape index (κ2) is 4.09. The first-order valence-corrected chi connectivity index (χ1v) is 4.41. The van der Waals surface area contributed by atoms with Crippen LogP contribution in [0.25, 0.3) is 6.08 Å². The van der Waals surface area contributed by atoms with E-state index in [1.807, 2.05) is 12.1 Å². The molecule has 0 heterocycles. The third kappa shape index (κ3) is 2.91. The number of carbonyl (C=O) groups is 1. The minimum absolute atomic E-state index is 0.487. The number of hydrogen-bond acceptors (Lipinski definition) is 2. The molecule has 68 valence electrons. The van der Waals surface area contributed by atoms with E-state index in [-0.39, 0.29) is 0 Å². The predicted octanol–water partition coefficient (Wildman–Crippen LogP) is 1.53. The zero-order chi connectivity index (χ0) is 9.84. The molecule has 0 bridgehead atoms. The molecule has 0 aliphatic rings. The lowest BCUT2D eigenvalue weighted by molar-refractivity contribution is -0.113. The van der Waals surface area contributed by atoms with Gasteiger partial charge in [-0.2, -0.15) is 0 Å². The average Bonchev–Trinajstić information content (AvgIpc) is 2.06. The van der Waals surface area contributed by atoms with Crippen LogP contribution in [0.4, 0.5) is 5.69 Å². The van der Waals surface area contributed by atoms with Crippen LogP contribution < -0.4 is 11.5 Å². The first-order valence-electron chi connectivity index (χ1n) is 3.62. The van der Waals surface area contributed by atoms with Crippen molar-refractivity contribution in [1.29, 1.82) is 0 Å². The third-order valence-corrected chi connectivity index (χ3v) is 1.97. The van der Waals surface area contributed by atoms with Crippen molar-refractivity contribution in [3.05, 3.63) is 34.3 Å². The molecule has 0 aromatic heterocycles.